The second kappa shape index (κ2) is 7.64. The molecule has 1 aromatic carbocycles. The van der Waals surface area contributed by atoms with Gasteiger partial charge in [-0.3, -0.25) is 4.79 Å². The standard InChI is InChI=1S/C14H15N3OS.2ClH/c1-17(7-12-8-19-9-16-12)14(18)11-2-3-13-10(6-11)4-5-15-13;;/h2-3,6,8-9,15H,4-5,7H2,1H3;2*1H. The summed E-state index contributed by atoms with van der Waals surface area (Å²) in [7, 11) is 1.81. The van der Waals surface area contributed by atoms with Crippen molar-refractivity contribution in [2.24, 2.45) is 0 Å². The van der Waals surface area contributed by atoms with Crippen LogP contribution in [0.2, 0.25) is 0 Å². The van der Waals surface area contributed by atoms with E-state index < -0.39 is 0 Å². The fourth-order valence-corrected chi connectivity index (χ4v) is 2.84. The Hall–Kier alpha value is -1.30. The minimum Gasteiger partial charge on any atom is -0.384 e. The number of anilines is 1. The minimum absolute atomic E-state index is 0. The van der Waals surface area contributed by atoms with Crippen LogP contribution < -0.4 is 5.32 Å². The molecule has 3 rings (SSSR count). The lowest BCUT2D eigenvalue weighted by Gasteiger charge is -2.16. The maximum Gasteiger partial charge on any atom is 0.253 e. The monoisotopic (exact) mass is 345 g/mol. The third kappa shape index (κ3) is 3.87. The molecule has 0 fully saturated rings. The Bertz CT molecular complexity index is 604. The van der Waals surface area contributed by atoms with Crippen molar-refractivity contribution in [3.63, 3.8) is 0 Å². The van der Waals surface area contributed by atoms with Crippen molar-refractivity contribution in [1.82, 2.24) is 9.88 Å². The van der Waals surface area contributed by atoms with Gasteiger partial charge in [-0.1, -0.05) is 0 Å². The number of rotatable bonds is 3. The molecule has 1 aliphatic rings. The molecule has 0 saturated heterocycles. The second-order valence-corrected chi connectivity index (χ2v) is 5.41. The van der Waals surface area contributed by atoms with E-state index in [1.807, 2.05) is 30.6 Å². The Morgan fingerprint density at radius 2 is 2.24 bits per heavy atom. The third-order valence-electron chi connectivity index (χ3n) is 3.29. The van der Waals surface area contributed by atoms with E-state index in [0.717, 1.165) is 29.9 Å². The Kier molecular flexibility index (Phi) is 6.45. The predicted molar refractivity (Wildman–Crippen MR) is 91.0 cm³/mol. The van der Waals surface area contributed by atoms with Gasteiger partial charge in [-0.2, -0.15) is 0 Å². The lowest BCUT2D eigenvalue weighted by Crippen LogP contribution is -2.26. The van der Waals surface area contributed by atoms with Gasteiger partial charge in [-0.25, -0.2) is 4.98 Å². The van der Waals surface area contributed by atoms with Gasteiger partial charge in [0.05, 0.1) is 17.7 Å². The average Bonchev–Trinajstić information content (AvgIpc) is 3.07. The highest BCUT2D eigenvalue weighted by molar-refractivity contribution is 7.07. The molecule has 0 atom stereocenters. The number of nitrogens with one attached hydrogen (secondary N) is 1. The summed E-state index contributed by atoms with van der Waals surface area (Å²) >= 11 is 1.55. The first-order valence-corrected chi connectivity index (χ1v) is 7.17. The number of hydrogen-bond acceptors (Lipinski definition) is 4. The highest BCUT2D eigenvalue weighted by atomic mass is 35.5. The van der Waals surface area contributed by atoms with Gasteiger partial charge in [-0.15, -0.1) is 36.2 Å². The summed E-state index contributed by atoms with van der Waals surface area (Å²) in [5.41, 5.74) is 5.85. The van der Waals surface area contributed by atoms with Crippen LogP contribution >= 0.6 is 36.2 Å². The molecule has 21 heavy (non-hydrogen) atoms. The first-order valence-electron chi connectivity index (χ1n) is 6.23. The van der Waals surface area contributed by atoms with Gasteiger partial charge in [-0.05, 0) is 30.2 Å². The summed E-state index contributed by atoms with van der Waals surface area (Å²) in [6.45, 7) is 1.51. The van der Waals surface area contributed by atoms with E-state index in [2.05, 4.69) is 10.3 Å². The smallest absolute Gasteiger partial charge is 0.253 e. The van der Waals surface area contributed by atoms with Crippen molar-refractivity contribution in [2.45, 2.75) is 13.0 Å². The van der Waals surface area contributed by atoms with Crippen molar-refractivity contribution in [3.05, 3.63) is 45.9 Å². The van der Waals surface area contributed by atoms with Gasteiger partial charge < -0.3 is 10.2 Å². The average molecular weight is 346 g/mol. The number of amides is 1. The zero-order valence-electron chi connectivity index (χ0n) is 11.5. The first-order chi connectivity index (χ1) is 9.24. The molecule has 2 heterocycles. The highest BCUT2D eigenvalue weighted by Crippen LogP contribution is 2.23. The van der Waals surface area contributed by atoms with Gasteiger partial charge in [0.2, 0.25) is 0 Å². The quantitative estimate of drug-likeness (QED) is 0.928. The Morgan fingerprint density at radius 3 is 2.95 bits per heavy atom. The Labute approximate surface area is 140 Å². The number of nitrogens with zero attached hydrogens (tertiary/aromatic N) is 2. The number of thiazole rings is 1. The van der Waals surface area contributed by atoms with Crippen LogP contribution in [0.4, 0.5) is 5.69 Å². The zero-order chi connectivity index (χ0) is 13.2. The van der Waals surface area contributed by atoms with Crippen molar-refractivity contribution in [2.75, 3.05) is 18.9 Å². The SMILES string of the molecule is CN(Cc1cscn1)C(=O)c1ccc2c(c1)CCN2.Cl.Cl. The van der Waals surface area contributed by atoms with E-state index in [9.17, 15) is 4.79 Å². The molecule has 114 valence electrons. The van der Waals surface area contributed by atoms with Gasteiger partial charge in [0.1, 0.15) is 0 Å². The highest BCUT2D eigenvalue weighted by Gasteiger charge is 2.16. The maximum atomic E-state index is 12.4. The largest absolute Gasteiger partial charge is 0.384 e. The van der Waals surface area contributed by atoms with Crippen molar-refractivity contribution >= 4 is 47.7 Å². The maximum absolute atomic E-state index is 12.4. The van der Waals surface area contributed by atoms with Crippen LogP contribution in [0, 0.1) is 0 Å². The summed E-state index contributed by atoms with van der Waals surface area (Å²) in [6, 6.07) is 5.87. The summed E-state index contributed by atoms with van der Waals surface area (Å²) < 4.78 is 0. The van der Waals surface area contributed by atoms with Crippen molar-refractivity contribution in [1.29, 1.82) is 0 Å². The Morgan fingerprint density at radius 1 is 1.43 bits per heavy atom. The minimum atomic E-state index is 0. The summed E-state index contributed by atoms with van der Waals surface area (Å²) in [5, 5.41) is 5.27. The molecule has 1 N–H and O–H groups in total. The number of benzene rings is 1. The predicted octanol–water partition coefficient (Wildman–Crippen LogP) is 3.23. The van der Waals surface area contributed by atoms with Gasteiger partial charge >= 0.3 is 0 Å². The van der Waals surface area contributed by atoms with Crippen LogP contribution in [-0.4, -0.2) is 29.4 Å². The lowest BCUT2D eigenvalue weighted by molar-refractivity contribution is 0.0783. The Balaban J connectivity index is 0.00000110. The van der Waals surface area contributed by atoms with Crippen LogP contribution in [0.25, 0.3) is 0 Å². The molecule has 4 nitrogen and oxygen atoms in total. The number of halogens is 2. The van der Waals surface area contributed by atoms with Crippen LogP contribution in [0.15, 0.2) is 29.1 Å². The van der Waals surface area contributed by atoms with E-state index >= 15 is 0 Å². The van der Waals surface area contributed by atoms with Gasteiger partial charge in [0.25, 0.3) is 5.91 Å². The number of carbonyl (C=O) groups excluding carboxylic acids is 1. The molecule has 0 unspecified atom stereocenters. The molecule has 0 saturated carbocycles. The summed E-state index contributed by atoms with van der Waals surface area (Å²) in [6.07, 6.45) is 0.992. The number of hydrogen-bond donors (Lipinski definition) is 1. The van der Waals surface area contributed by atoms with Crippen molar-refractivity contribution in [3.8, 4) is 0 Å². The molecule has 1 aliphatic heterocycles. The zero-order valence-corrected chi connectivity index (χ0v) is 14.0. The molecule has 0 spiro atoms. The third-order valence-corrected chi connectivity index (χ3v) is 3.93. The van der Waals surface area contributed by atoms with E-state index in [1.54, 1.807) is 21.7 Å². The summed E-state index contributed by atoms with van der Waals surface area (Å²) in [4.78, 5) is 18.3. The normalized spacial score (nSPS) is 11.7. The molecule has 1 aromatic heterocycles. The number of aromatic nitrogens is 1. The van der Waals surface area contributed by atoms with Crippen LogP contribution in [0.3, 0.4) is 0 Å². The number of carbonyl (C=O) groups is 1. The van der Waals surface area contributed by atoms with Crippen LogP contribution in [0.5, 0.6) is 0 Å². The molecule has 0 bridgehead atoms. The molecule has 2 aromatic rings. The molecule has 0 aliphatic carbocycles. The first kappa shape index (κ1) is 17.8. The lowest BCUT2D eigenvalue weighted by atomic mass is 10.1. The molecule has 0 radical (unpaired) electrons. The second-order valence-electron chi connectivity index (χ2n) is 4.69. The molecular formula is C14H17Cl2N3OS. The van der Waals surface area contributed by atoms with Crippen molar-refractivity contribution < 1.29 is 4.79 Å². The fourth-order valence-electron chi connectivity index (χ4n) is 2.29. The van der Waals surface area contributed by atoms with Gasteiger partial charge in [0, 0.05) is 30.2 Å². The molecule has 7 heteroatoms. The number of fused-ring (bicyclic) bond motifs is 1. The van der Waals surface area contributed by atoms with E-state index in [0.29, 0.717) is 6.54 Å². The summed E-state index contributed by atoms with van der Waals surface area (Å²) in [5.74, 6) is 0.0442. The van der Waals surface area contributed by atoms with Gasteiger partial charge in [0.15, 0.2) is 0 Å². The molecule has 1 amide bonds. The topological polar surface area (TPSA) is 45.2 Å². The molecular weight excluding hydrogens is 329 g/mol. The van der Waals surface area contributed by atoms with Crippen LogP contribution in [-0.2, 0) is 13.0 Å². The fraction of sp³-hybridized carbons (Fsp3) is 0.286. The van der Waals surface area contributed by atoms with Crippen LogP contribution in [0.1, 0.15) is 21.6 Å². The van der Waals surface area contributed by atoms with E-state index in [1.165, 1.54) is 5.56 Å². The van der Waals surface area contributed by atoms with E-state index in [-0.39, 0.29) is 30.7 Å². The van der Waals surface area contributed by atoms with E-state index in [4.69, 9.17) is 0 Å².